The van der Waals surface area contributed by atoms with Crippen molar-refractivity contribution in [1.29, 1.82) is 0 Å². The summed E-state index contributed by atoms with van der Waals surface area (Å²) in [6.07, 6.45) is 4.28. The third-order valence-corrected chi connectivity index (χ3v) is 3.89. The highest BCUT2D eigenvalue weighted by Crippen LogP contribution is 2.15. The number of likely N-dealkylation sites (tertiary alicyclic amines) is 1. The van der Waals surface area contributed by atoms with Crippen LogP contribution in [0, 0.1) is 6.92 Å². The fourth-order valence-electron chi connectivity index (χ4n) is 2.62. The Labute approximate surface area is 124 Å². The topological polar surface area (TPSA) is 61.0 Å². The average Bonchev–Trinajstić information content (AvgIpc) is 3.12. The Bertz CT molecular complexity index is 611. The average molecular weight is 284 g/mol. The number of amides is 1. The van der Waals surface area contributed by atoms with Crippen LogP contribution in [0.15, 0.2) is 30.5 Å². The number of hydrogen-bond donors (Lipinski definition) is 2. The maximum atomic E-state index is 12.2. The molecule has 2 aromatic rings. The minimum absolute atomic E-state index is 0.116. The fraction of sp³-hybridized carbons (Fsp3) is 0.375. The Kier molecular flexibility index (Phi) is 4.01. The Morgan fingerprint density at radius 1 is 1.29 bits per heavy atom. The van der Waals surface area contributed by atoms with Crippen molar-refractivity contribution < 1.29 is 4.79 Å². The predicted octanol–water partition coefficient (Wildman–Crippen LogP) is 2.57. The SMILES string of the molecule is Cc1cn[nH]c1NC(=O)c1ccc(CN2CCCC2)cc1. The second-order valence-electron chi connectivity index (χ2n) is 5.56. The summed E-state index contributed by atoms with van der Waals surface area (Å²) >= 11 is 0. The van der Waals surface area contributed by atoms with Gasteiger partial charge in [-0.3, -0.25) is 14.8 Å². The predicted molar refractivity (Wildman–Crippen MR) is 82.2 cm³/mol. The van der Waals surface area contributed by atoms with Crippen molar-refractivity contribution >= 4 is 11.7 Å². The molecule has 1 aromatic carbocycles. The molecule has 5 heteroatoms. The Balaban J connectivity index is 1.63. The highest BCUT2D eigenvalue weighted by Gasteiger charge is 2.12. The van der Waals surface area contributed by atoms with Gasteiger partial charge in [-0.05, 0) is 50.6 Å². The van der Waals surface area contributed by atoms with Crippen LogP contribution in [0.4, 0.5) is 5.82 Å². The van der Waals surface area contributed by atoms with E-state index in [-0.39, 0.29) is 5.91 Å². The summed E-state index contributed by atoms with van der Waals surface area (Å²) in [4.78, 5) is 14.6. The van der Waals surface area contributed by atoms with Crippen LogP contribution in [-0.2, 0) is 6.54 Å². The summed E-state index contributed by atoms with van der Waals surface area (Å²) in [5, 5.41) is 9.50. The van der Waals surface area contributed by atoms with Crippen molar-refractivity contribution in [2.24, 2.45) is 0 Å². The Hall–Kier alpha value is -2.14. The van der Waals surface area contributed by atoms with Crippen molar-refractivity contribution in [2.75, 3.05) is 18.4 Å². The number of anilines is 1. The molecule has 1 amide bonds. The van der Waals surface area contributed by atoms with Gasteiger partial charge in [-0.25, -0.2) is 0 Å². The van der Waals surface area contributed by atoms with Crippen LogP contribution >= 0.6 is 0 Å². The van der Waals surface area contributed by atoms with E-state index < -0.39 is 0 Å². The van der Waals surface area contributed by atoms with Crippen LogP contribution in [-0.4, -0.2) is 34.1 Å². The second-order valence-corrected chi connectivity index (χ2v) is 5.56. The van der Waals surface area contributed by atoms with Gasteiger partial charge in [0.2, 0.25) is 0 Å². The minimum atomic E-state index is -0.116. The van der Waals surface area contributed by atoms with E-state index in [1.165, 1.54) is 31.5 Å². The summed E-state index contributed by atoms with van der Waals surface area (Å²) < 4.78 is 0. The molecule has 3 rings (SSSR count). The number of hydrogen-bond acceptors (Lipinski definition) is 3. The number of nitrogens with one attached hydrogen (secondary N) is 2. The van der Waals surface area contributed by atoms with Crippen molar-refractivity contribution in [1.82, 2.24) is 15.1 Å². The van der Waals surface area contributed by atoms with Gasteiger partial charge in [0, 0.05) is 17.7 Å². The molecule has 21 heavy (non-hydrogen) atoms. The normalized spacial score (nSPS) is 15.3. The third-order valence-electron chi connectivity index (χ3n) is 3.89. The molecule has 110 valence electrons. The minimum Gasteiger partial charge on any atom is -0.307 e. The molecule has 5 nitrogen and oxygen atoms in total. The van der Waals surface area contributed by atoms with Gasteiger partial charge >= 0.3 is 0 Å². The molecule has 1 fully saturated rings. The van der Waals surface area contributed by atoms with Crippen LogP contribution in [0.5, 0.6) is 0 Å². The van der Waals surface area contributed by atoms with Crippen molar-refractivity contribution in [3.63, 3.8) is 0 Å². The van der Waals surface area contributed by atoms with Gasteiger partial charge in [0.15, 0.2) is 0 Å². The highest BCUT2D eigenvalue weighted by atomic mass is 16.1. The van der Waals surface area contributed by atoms with E-state index in [2.05, 4.69) is 20.4 Å². The maximum absolute atomic E-state index is 12.2. The molecule has 1 saturated heterocycles. The van der Waals surface area contributed by atoms with E-state index in [0.717, 1.165) is 12.1 Å². The standard InChI is InChI=1S/C16H20N4O/c1-12-10-17-19-15(12)18-16(21)14-6-4-13(5-7-14)11-20-8-2-3-9-20/h4-7,10H,2-3,8-9,11H2,1H3,(H2,17,18,19,21). The van der Waals surface area contributed by atoms with Crippen LogP contribution in [0.2, 0.25) is 0 Å². The molecule has 1 aliphatic heterocycles. The summed E-state index contributed by atoms with van der Waals surface area (Å²) in [6, 6.07) is 7.83. The van der Waals surface area contributed by atoms with Crippen molar-refractivity contribution in [2.45, 2.75) is 26.3 Å². The van der Waals surface area contributed by atoms with E-state index in [1.807, 2.05) is 31.2 Å². The van der Waals surface area contributed by atoms with Gasteiger partial charge < -0.3 is 5.32 Å². The molecule has 2 N–H and O–H groups in total. The van der Waals surface area contributed by atoms with Crippen molar-refractivity contribution in [3.05, 3.63) is 47.2 Å². The van der Waals surface area contributed by atoms with Crippen molar-refractivity contribution in [3.8, 4) is 0 Å². The van der Waals surface area contributed by atoms with Crippen LogP contribution in [0.1, 0.15) is 34.3 Å². The van der Waals surface area contributed by atoms with E-state index in [4.69, 9.17) is 0 Å². The lowest BCUT2D eigenvalue weighted by Crippen LogP contribution is -2.18. The zero-order valence-electron chi connectivity index (χ0n) is 12.2. The first-order valence-electron chi connectivity index (χ1n) is 7.35. The van der Waals surface area contributed by atoms with E-state index in [0.29, 0.717) is 11.4 Å². The van der Waals surface area contributed by atoms with E-state index >= 15 is 0 Å². The fourth-order valence-corrected chi connectivity index (χ4v) is 2.62. The summed E-state index contributed by atoms with van der Waals surface area (Å²) in [7, 11) is 0. The Morgan fingerprint density at radius 3 is 2.62 bits per heavy atom. The number of carbonyl (C=O) groups is 1. The summed E-state index contributed by atoms with van der Waals surface area (Å²) in [5.41, 5.74) is 2.84. The van der Waals surface area contributed by atoms with Crippen LogP contribution < -0.4 is 5.32 Å². The molecule has 0 saturated carbocycles. The monoisotopic (exact) mass is 284 g/mol. The molecule has 0 aliphatic carbocycles. The molecule has 2 heterocycles. The zero-order valence-corrected chi connectivity index (χ0v) is 12.2. The van der Waals surface area contributed by atoms with E-state index in [1.54, 1.807) is 6.20 Å². The van der Waals surface area contributed by atoms with Gasteiger partial charge in [0.1, 0.15) is 5.82 Å². The number of carbonyl (C=O) groups excluding carboxylic acids is 1. The molecule has 0 unspecified atom stereocenters. The van der Waals surface area contributed by atoms with Gasteiger partial charge in [-0.15, -0.1) is 0 Å². The van der Waals surface area contributed by atoms with Gasteiger partial charge in [0.25, 0.3) is 5.91 Å². The van der Waals surface area contributed by atoms with Gasteiger partial charge in [-0.2, -0.15) is 5.10 Å². The first kappa shape index (κ1) is 13.8. The smallest absolute Gasteiger partial charge is 0.256 e. The molecule has 0 atom stereocenters. The van der Waals surface area contributed by atoms with E-state index in [9.17, 15) is 4.79 Å². The number of aryl methyl sites for hydroxylation is 1. The number of benzene rings is 1. The second kappa shape index (κ2) is 6.10. The first-order chi connectivity index (χ1) is 10.2. The lowest BCUT2D eigenvalue weighted by atomic mass is 10.1. The summed E-state index contributed by atoms with van der Waals surface area (Å²) in [5.74, 6) is 0.538. The van der Waals surface area contributed by atoms with Crippen LogP contribution in [0.25, 0.3) is 0 Å². The number of aromatic amines is 1. The number of aromatic nitrogens is 2. The quantitative estimate of drug-likeness (QED) is 0.907. The number of H-pyrrole nitrogens is 1. The Morgan fingerprint density at radius 2 is 2.00 bits per heavy atom. The molecule has 0 bridgehead atoms. The zero-order chi connectivity index (χ0) is 14.7. The molecule has 0 spiro atoms. The molecule has 0 radical (unpaired) electrons. The molecule has 1 aromatic heterocycles. The molecular weight excluding hydrogens is 264 g/mol. The number of nitrogens with zero attached hydrogens (tertiary/aromatic N) is 2. The number of rotatable bonds is 4. The van der Waals surface area contributed by atoms with Gasteiger partial charge in [0.05, 0.1) is 6.20 Å². The third kappa shape index (κ3) is 3.31. The van der Waals surface area contributed by atoms with Gasteiger partial charge in [-0.1, -0.05) is 12.1 Å². The lowest BCUT2D eigenvalue weighted by Gasteiger charge is -2.14. The largest absolute Gasteiger partial charge is 0.307 e. The summed E-state index contributed by atoms with van der Waals surface area (Å²) in [6.45, 7) is 5.24. The first-order valence-corrected chi connectivity index (χ1v) is 7.35. The van der Waals surface area contributed by atoms with Crippen LogP contribution in [0.3, 0.4) is 0 Å². The molecular formula is C16H20N4O. The maximum Gasteiger partial charge on any atom is 0.256 e. The molecule has 1 aliphatic rings. The lowest BCUT2D eigenvalue weighted by molar-refractivity contribution is 0.102. The highest BCUT2D eigenvalue weighted by molar-refractivity contribution is 6.04.